The third kappa shape index (κ3) is 6.65. The van der Waals surface area contributed by atoms with Gasteiger partial charge in [-0.05, 0) is 116 Å². The largest absolute Gasteiger partial charge is 0.374 e. The van der Waals surface area contributed by atoms with Gasteiger partial charge in [-0.1, -0.05) is 89.2 Å². The molecule has 0 aromatic carbocycles. The number of rotatable bonds is 1. The van der Waals surface area contributed by atoms with Crippen LogP contribution in [0.4, 0.5) is 0 Å². The molecule has 0 amide bonds. The molecule has 6 fully saturated rings. The van der Waals surface area contributed by atoms with Crippen LogP contribution in [0.2, 0.25) is 0 Å². The Bertz CT molecular complexity index is 766. The van der Waals surface area contributed by atoms with Crippen LogP contribution >= 0.6 is 0 Å². The van der Waals surface area contributed by atoms with E-state index >= 15 is 0 Å². The first-order valence-corrected chi connectivity index (χ1v) is 15.8. The van der Waals surface area contributed by atoms with Gasteiger partial charge in [0.05, 0.1) is 0 Å². The molecule has 0 aromatic heterocycles. The van der Waals surface area contributed by atoms with Gasteiger partial charge in [-0.2, -0.15) is 0 Å². The van der Waals surface area contributed by atoms with E-state index in [4.69, 9.17) is 0 Å². The molecule has 1 heterocycles. The van der Waals surface area contributed by atoms with Crippen LogP contribution in [-0.2, 0) is 0 Å². The molecule has 6 rings (SSSR count). The first-order chi connectivity index (χ1) is 16.4. The zero-order valence-corrected chi connectivity index (χ0v) is 26.3. The van der Waals surface area contributed by atoms with Gasteiger partial charge in [0.15, 0.2) is 0 Å². The average molecular weight is 514 g/mol. The monoisotopic (exact) mass is 514 g/mol. The topological polar surface area (TPSA) is 3.24 Å². The molecule has 1 nitrogen and oxygen atoms in total. The van der Waals surface area contributed by atoms with Crippen molar-refractivity contribution in [1.29, 1.82) is 0 Å². The number of nitrogens with zero attached hydrogens (tertiary/aromatic N) is 1. The molecule has 3 spiro atoms. The minimum Gasteiger partial charge on any atom is -0.374 e. The van der Waals surface area contributed by atoms with Gasteiger partial charge >= 0.3 is 0 Å². The van der Waals surface area contributed by atoms with Gasteiger partial charge in [0.2, 0.25) is 0 Å². The quantitative estimate of drug-likeness (QED) is 0.337. The number of likely N-dealkylation sites (tertiary alicyclic amines) is 1. The molecule has 216 valence electrons. The van der Waals surface area contributed by atoms with Crippen LogP contribution in [0.25, 0.3) is 0 Å². The Morgan fingerprint density at radius 1 is 0.649 bits per heavy atom. The lowest BCUT2D eigenvalue weighted by molar-refractivity contribution is -0.108. The predicted molar refractivity (Wildman–Crippen MR) is 165 cm³/mol. The number of allylic oxidation sites excluding steroid dienone is 1. The zero-order chi connectivity index (χ0) is 26.8. The molecule has 5 aliphatic carbocycles. The third-order valence-corrected chi connectivity index (χ3v) is 12.0. The molecular formula is C36H67N. The number of hydrogen-bond acceptors (Lipinski definition) is 1. The zero-order valence-electron chi connectivity index (χ0n) is 26.3. The van der Waals surface area contributed by atoms with Gasteiger partial charge in [0, 0.05) is 24.2 Å². The highest BCUT2D eigenvalue weighted by Crippen LogP contribution is 2.66. The minimum absolute atomic E-state index is 0. The number of hydrogen-bond donors (Lipinski definition) is 0. The van der Waals surface area contributed by atoms with E-state index in [-0.39, 0.29) is 7.43 Å². The van der Waals surface area contributed by atoms with E-state index in [0.29, 0.717) is 21.7 Å². The van der Waals surface area contributed by atoms with Crippen LogP contribution in [0.15, 0.2) is 12.3 Å². The van der Waals surface area contributed by atoms with Gasteiger partial charge in [0.1, 0.15) is 0 Å². The summed E-state index contributed by atoms with van der Waals surface area (Å²) < 4.78 is 0. The molecule has 5 saturated carbocycles. The summed E-state index contributed by atoms with van der Waals surface area (Å²) >= 11 is 0. The van der Waals surface area contributed by atoms with E-state index in [1.807, 2.05) is 0 Å². The molecule has 6 aliphatic rings. The Morgan fingerprint density at radius 3 is 1.41 bits per heavy atom. The van der Waals surface area contributed by atoms with Gasteiger partial charge in [-0.3, -0.25) is 0 Å². The molecule has 1 unspecified atom stereocenters. The summed E-state index contributed by atoms with van der Waals surface area (Å²) in [7, 11) is 0. The summed E-state index contributed by atoms with van der Waals surface area (Å²) in [6.07, 6.45) is 18.2. The maximum Gasteiger partial charge on any atom is 0.0248 e. The maximum atomic E-state index is 3.99. The lowest BCUT2D eigenvalue weighted by Crippen LogP contribution is -2.62. The minimum atomic E-state index is 0. The summed E-state index contributed by atoms with van der Waals surface area (Å²) in [5.74, 6) is 3.02. The summed E-state index contributed by atoms with van der Waals surface area (Å²) in [6.45, 7) is 30.2. The Hall–Kier alpha value is -0.460. The second kappa shape index (κ2) is 10.2. The summed E-state index contributed by atoms with van der Waals surface area (Å²) in [5.41, 5.74) is 5.34. The first-order valence-electron chi connectivity index (χ1n) is 15.8. The molecule has 37 heavy (non-hydrogen) atoms. The van der Waals surface area contributed by atoms with Crippen LogP contribution in [-0.4, -0.2) is 18.0 Å². The Kier molecular flexibility index (Phi) is 8.55. The predicted octanol–water partition coefficient (Wildman–Crippen LogP) is 11.1. The van der Waals surface area contributed by atoms with Gasteiger partial charge < -0.3 is 4.90 Å². The molecule has 0 bridgehead atoms. The first kappa shape index (κ1) is 31.1. The second-order valence-electron chi connectivity index (χ2n) is 18.1. The van der Waals surface area contributed by atoms with Crippen molar-refractivity contribution in [3.8, 4) is 0 Å². The van der Waals surface area contributed by atoms with Crippen molar-refractivity contribution in [1.82, 2.24) is 4.90 Å². The van der Waals surface area contributed by atoms with Crippen molar-refractivity contribution in [3.05, 3.63) is 12.3 Å². The van der Waals surface area contributed by atoms with Crippen LogP contribution < -0.4 is 0 Å². The summed E-state index contributed by atoms with van der Waals surface area (Å²) in [6, 6.07) is 0. The molecule has 0 radical (unpaired) electrons. The average Bonchev–Trinajstić information content (AvgIpc) is 3.16. The smallest absolute Gasteiger partial charge is 0.0248 e. The van der Waals surface area contributed by atoms with E-state index in [9.17, 15) is 0 Å². The van der Waals surface area contributed by atoms with Crippen LogP contribution in [0, 0.1) is 50.2 Å². The van der Waals surface area contributed by atoms with Crippen LogP contribution in [0.5, 0.6) is 0 Å². The fourth-order valence-corrected chi connectivity index (χ4v) is 8.82. The van der Waals surface area contributed by atoms with Crippen LogP contribution in [0.3, 0.4) is 0 Å². The van der Waals surface area contributed by atoms with Crippen molar-refractivity contribution in [3.63, 3.8) is 0 Å². The summed E-state index contributed by atoms with van der Waals surface area (Å²) in [4.78, 5) is 2.42. The highest BCUT2D eigenvalue weighted by atomic mass is 15.2. The molecule has 1 aliphatic heterocycles. The molecule has 0 aromatic rings. The molecule has 1 saturated heterocycles. The van der Waals surface area contributed by atoms with Gasteiger partial charge in [-0.25, -0.2) is 0 Å². The molecule has 1 atom stereocenters. The molecular weight excluding hydrogens is 446 g/mol. The lowest BCUT2D eigenvalue weighted by atomic mass is 9.47. The molecule has 0 N–H and O–H groups in total. The fourth-order valence-electron chi connectivity index (χ4n) is 8.82. The van der Waals surface area contributed by atoms with E-state index in [1.54, 1.807) is 12.8 Å². The van der Waals surface area contributed by atoms with E-state index in [0.717, 1.165) is 28.6 Å². The molecule has 1 heteroatoms. The standard InChI is InChI=1S/C13H23N.2C11H20.CH4/c1-10(2)14-8-13(9-14)6-11(7-13)12(3,4)5;1-10(2,3)9-7-11(8-9)5-4-6-11;1-10(2,3)9-5-4-6-11(9)7-8-11;/h11H,1,6-9H2,2-5H3;2*9H,4-8H2,1-3H3;1H4. The highest BCUT2D eigenvalue weighted by molar-refractivity contribution is 5.11. The van der Waals surface area contributed by atoms with Crippen molar-refractivity contribution < 1.29 is 0 Å². The second-order valence-corrected chi connectivity index (χ2v) is 18.1. The van der Waals surface area contributed by atoms with E-state index < -0.39 is 0 Å². The van der Waals surface area contributed by atoms with E-state index in [1.165, 1.54) is 83.0 Å². The maximum absolute atomic E-state index is 3.99. The SMILES string of the molecule is C.C=C(C)N1CC2(CC(C(C)(C)C)C2)C1.CC(C)(C)C1CC2(CCC2)C1.CC(C)(C)C1CCCC12CC2. The van der Waals surface area contributed by atoms with Crippen molar-refractivity contribution in [2.75, 3.05) is 13.1 Å². The van der Waals surface area contributed by atoms with Gasteiger partial charge in [-0.15, -0.1) is 0 Å². The third-order valence-electron chi connectivity index (χ3n) is 12.0. The summed E-state index contributed by atoms with van der Waals surface area (Å²) in [5, 5.41) is 0. The highest BCUT2D eigenvalue weighted by Gasteiger charge is 2.56. The van der Waals surface area contributed by atoms with Crippen molar-refractivity contribution in [2.45, 2.75) is 154 Å². The van der Waals surface area contributed by atoms with Crippen LogP contribution in [0.1, 0.15) is 154 Å². The Labute approximate surface area is 234 Å². The van der Waals surface area contributed by atoms with Crippen molar-refractivity contribution >= 4 is 0 Å². The van der Waals surface area contributed by atoms with Gasteiger partial charge in [0.25, 0.3) is 0 Å². The lowest BCUT2D eigenvalue weighted by Gasteiger charge is -2.62. The fraction of sp³-hybridized carbons (Fsp3) is 0.944. The van der Waals surface area contributed by atoms with E-state index in [2.05, 4.69) is 80.7 Å². The Balaban J connectivity index is 0.000000154. The van der Waals surface area contributed by atoms with Crippen molar-refractivity contribution in [2.24, 2.45) is 50.2 Å². The Morgan fingerprint density at radius 2 is 1.11 bits per heavy atom. The normalized spacial score (nSPS) is 30.4.